The number of nitrogens with zero attached hydrogens (tertiary/aromatic N) is 4. The summed E-state index contributed by atoms with van der Waals surface area (Å²) in [5.41, 5.74) is 4.46. The Morgan fingerprint density at radius 1 is 1.27 bits per heavy atom. The first-order valence-electron chi connectivity index (χ1n) is 11.7. The Kier molecular flexibility index (Phi) is 5.05. The van der Waals surface area contributed by atoms with Crippen molar-refractivity contribution in [2.45, 2.75) is 51.6 Å². The van der Waals surface area contributed by atoms with E-state index in [9.17, 15) is 4.79 Å². The Bertz CT molecular complexity index is 1280. The summed E-state index contributed by atoms with van der Waals surface area (Å²) < 4.78 is 5.93. The molecule has 0 spiro atoms. The number of aryl methyl sites for hydroxylation is 1. The molecular weight excluding hydrogens is 434 g/mol. The van der Waals surface area contributed by atoms with Crippen molar-refractivity contribution in [3.63, 3.8) is 0 Å². The van der Waals surface area contributed by atoms with Gasteiger partial charge in [-0.15, -0.1) is 11.3 Å². The van der Waals surface area contributed by atoms with Crippen LogP contribution in [0.4, 0.5) is 11.5 Å². The summed E-state index contributed by atoms with van der Waals surface area (Å²) in [5, 5.41) is 4.61. The van der Waals surface area contributed by atoms with Gasteiger partial charge in [0.2, 0.25) is 5.91 Å². The fraction of sp³-hybridized carbons (Fsp3) is 0.440. The van der Waals surface area contributed by atoms with Gasteiger partial charge < -0.3 is 15.0 Å². The number of rotatable bonds is 6. The van der Waals surface area contributed by atoms with E-state index in [1.54, 1.807) is 17.7 Å². The number of nitrogens with one attached hydrogen (secondary N) is 1. The van der Waals surface area contributed by atoms with Crippen molar-refractivity contribution in [3.8, 4) is 5.75 Å². The lowest BCUT2D eigenvalue weighted by Gasteiger charge is -2.26. The molecule has 6 rings (SSSR count). The molecule has 1 aromatic carbocycles. The van der Waals surface area contributed by atoms with Crippen molar-refractivity contribution in [1.82, 2.24) is 14.9 Å². The molecule has 1 aliphatic heterocycles. The largest absolute Gasteiger partial charge is 0.492 e. The second kappa shape index (κ2) is 8.09. The first-order valence-corrected chi connectivity index (χ1v) is 12.5. The lowest BCUT2D eigenvalue weighted by Crippen LogP contribution is -2.36. The van der Waals surface area contributed by atoms with Gasteiger partial charge in [-0.05, 0) is 67.9 Å². The maximum absolute atomic E-state index is 13.0. The van der Waals surface area contributed by atoms with E-state index in [1.165, 1.54) is 16.0 Å². The molecule has 8 heteroatoms. The Balaban J connectivity index is 1.33. The summed E-state index contributed by atoms with van der Waals surface area (Å²) >= 11 is 1.70. The number of benzene rings is 1. The number of ether oxygens (including phenoxy) is 1. The number of fused-ring (bicyclic) bond motifs is 4. The minimum absolute atomic E-state index is 0.0704. The normalized spacial score (nSPS) is 18.8. The highest BCUT2D eigenvalue weighted by molar-refractivity contribution is 7.19. The first kappa shape index (κ1) is 20.6. The number of hydrogen-bond donors (Lipinski definition) is 1. The van der Waals surface area contributed by atoms with Crippen molar-refractivity contribution >= 4 is 45.2 Å². The summed E-state index contributed by atoms with van der Waals surface area (Å²) in [5.74, 6) is 1.98. The highest BCUT2D eigenvalue weighted by Crippen LogP contribution is 2.42. The van der Waals surface area contributed by atoms with Gasteiger partial charge in [0.05, 0.1) is 24.2 Å². The third-order valence-electron chi connectivity index (χ3n) is 6.92. The monoisotopic (exact) mass is 461 g/mol. The summed E-state index contributed by atoms with van der Waals surface area (Å²) in [6.07, 6.45) is 8.37. The second-order valence-electron chi connectivity index (χ2n) is 9.10. The Morgan fingerprint density at radius 2 is 2.15 bits per heavy atom. The summed E-state index contributed by atoms with van der Waals surface area (Å²) in [7, 11) is 1.96. The second-order valence-corrected chi connectivity index (χ2v) is 10.2. The van der Waals surface area contributed by atoms with Crippen LogP contribution in [0.5, 0.6) is 5.75 Å². The molecule has 3 heterocycles. The van der Waals surface area contributed by atoms with Crippen LogP contribution in [0.1, 0.15) is 47.8 Å². The van der Waals surface area contributed by atoms with Gasteiger partial charge >= 0.3 is 0 Å². The Labute approximate surface area is 196 Å². The lowest BCUT2D eigenvalue weighted by molar-refractivity contribution is -0.135. The van der Waals surface area contributed by atoms with Crippen molar-refractivity contribution < 1.29 is 9.53 Å². The molecule has 3 aliphatic rings. The molecule has 1 atom stereocenters. The standard InChI is InChI=1S/C25H27N5O2S/c1-3-32-20-9-16-12-26-11-15(16)8-19(20)29-23-22-18-7-4-14(25(31)30(2)17-5-6-17)10-21(18)33-24(22)28-13-27-23/h8-9,11,13-14,17H,3-7,10,12H2,1-2H3,(H,27,28,29). The zero-order chi connectivity index (χ0) is 22.5. The number of aliphatic imine (C=N–C) groups is 1. The van der Waals surface area contributed by atoms with Gasteiger partial charge in [0, 0.05) is 30.1 Å². The molecule has 0 saturated heterocycles. The molecule has 7 nitrogen and oxygen atoms in total. The Morgan fingerprint density at radius 3 is 2.97 bits per heavy atom. The molecule has 170 valence electrons. The number of carbonyl (C=O) groups is 1. The smallest absolute Gasteiger partial charge is 0.226 e. The predicted molar refractivity (Wildman–Crippen MR) is 131 cm³/mol. The third kappa shape index (κ3) is 3.66. The van der Waals surface area contributed by atoms with Crippen molar-refractivity contribution in [1.29, 1.82) is 0 Å². The molecule has 1 fully saturated rings. The van der Waals surface area contributed by atoms with Crippen molar-refractivity contribution in [3.05, 3.63) is 40.0 Å². The predicted octanol–water partition coefficient (Wildman–Crippen LogP) is 4.49. The maximum Gasteiger partial charge on any atom is 0.226 e. The van der Waals surface area contributed by atoms with E-state index >= 15 is 0 Å². The molecule has 33 heavy (non-hydrogen) atoms. The molecule has 0 bridgehead atoms. The van der Waals surface area contributed by atoms with E-state index in [2.05, 4.69) is 32.4 Å². The van der Waals surface area contributed by atoms with Crippen LogP contribution < -0.4 is 10.1 Å². The van der Waals surface area contributed by atoms with Crippen molar-refractivity contribution in [2.75, 3.05) is 19.0 Å². The van der Waals surface area contributed by atoms with Crippen LogP contribution in [-0.4, -0.2) is 46.7 Å². The van der Waals surface area contributed by atoms with Crippen LogP contribution in [0.15, 0.2) is 23.5 Å². The van der Waals surface area contributed by atoms with Crippen LogP contribution >= 0.6 is 11.3 Å². The molecule has 1 unspecified atom stereocenters. The number of amides is 1. The fourth-order valence-electron chi connectivity index (χ4n) is 4.98. The van der Waals surface area contributed by atoms with Gasteiger partial charge in [-0.3, -0.25) is 9.79 Å². The quantitative estimate of drug-likeness (QED) is 0.585. The van der Waals surface area contributed by atoms with Crippen molar-refractivity contribution in [2.24, 2.45) is 10.9 Å². The summed E-state index contributed by atoms with van der Waals surface area (Å²) in [4.78, 5) is 30.8. The van der Waals surface area contributed by atoms with Crippen LogP contribution in [0.3, 0.4) is 0 Å². The molecule has 2 aromatic heterocycles. The topological polar surface area (TPSA) is 79.7 Å². The van der Waals surface area contributed by atoms with E-state index in [4.69, 9.17) is 4.74 Å². The first-order chi connectivity index (χ1) is 16.1. The number of carbonyl (C=O) groups excluding carboxylic acids is 1. The maximum atomic E-state index is 13.0. The van der Waals surface area contributed by atoms with Crippen LogP contribution in [0.25, 0.3) is 10.2 Å². The SMILES string of the molecule is CCOc1cc2c(cc1Nc1ncnc3sc4c(c13)CCC(C(=O)N(C)C1CC1)C4)C=NC2. The van der Waals surface area contributed by atoms with Crippen LogP contribution in [-0.2, 0) is 24.2 Å². The van der Waals surface area contributed by atoms with E-state index in [-0.39, 0.29) is 5.92 Å². The number of aromatic nitrogens is 2. The average molecular weight is 462 g/mol. The van der Waals surface area contributed by atoms with Crippen LogP contribution in [0.2, 0.25) is 0 Å². The van der Waals surface area contributed by atoms with Gasteiger partial charge in [-0.1, -0.05) is 0 Å². The zero-order valence-corrected chi connectivity index (χ0v) is 19.7. The third-order valence-corrected chi connectivity index (χ3v) is 8.09. The number of hydrogen-bond acceptors (Lipinski definition) is 7. The summed E-state index contributed by atoms with van der Waals surface area (Å²) in [6.45, 7) is 3.28. The molecule has 1 N–H and O–H groups in total. The molecule has 1 amide bonds. The Hall–Kier alpha value is -3.00. The summed E-state index contributed by atoms with van der Waals surface area (Å²) in [6, 6.07) is 4.62. The molecule has 1 saturated carbocycles. The molecule has 3 aromatic rings. The van der Waals surface area contributed by atoms with Gasteiger partial charge in [-0.25, -0.2) is 9.97 Å². The molecule has 0 radical (unpaired) electrons. The molecule has 2 aliphatic carbocycles. The van der Waals surface area contributed by atoms with Gasteiger partial charge in [0.25, 0.3) is 0 Å². The fourth-order valence-corrected chi connectivity index (χ4v) is 6.25. The highest BCUT2D eigenvalue weighted by Gasteiger charge is 2.36. The molecular formula is C25H27N5O2S. The zero-order valence-electron chi connectivity index (χ0n) is 18.9. The van der Waals surface area contributed by atoms with Crippen LogP contribution in [0, 0.1) is 5.92 Å². The van der Waals surface area contributed by atoms with Gasteiger partial charge in [0.15, 0.2) is 0 Å². The highest BCUT2D eigenvalue weighted by atomic mass is 32.1. The van der Waals surface area contributed by atoms with Gasteiger partial charge in [0.1, 0.15) is 22.7 Å². The van der Waals surface area contributed by atoms with E-state index in [1.807, 2.05) is 25.1 Å². The van der Waals surface area contributed by atoms with E-state index in [0.717, 1.165) is 65.1 Å². The lowest BCUT2D eigenvalue weighted by atomic mass is 9.87. The average Bonchev–Trinajstić information content (AvgIpc) is 3.46. The number of anilines is 2. The van der Waals surface area contributed by atoms with E-state index in [0.29, 0.717) is 25.1 Å². The minimum atomic E-state index is 0.0704. The number of thiophene rings is 1. The minimum Gasteiger partial charge on any atom is -0.492 e. The van der Waals surface area contributed by atoms with Gasteiger partial charge in [-0.2, -0.15) is 0 Å². The van der Waals surface area contributed by atoms with E-state index < -0.39 is 0 Å².